The summed E-state index contributed by atoms with van der Waals surface area (Å²) >= 11 is 0. The molecule has 8 nitrogen and oxygen atoms in total. The highest BCUT2D eigenvalue weighted by molar-refractivity contribution is 5.89. The maximum atomic E-state index is 12.3. The highest BCUT2D eigenvalue weighted by Crippen LogP contribution is 2.25. The molecule has 2 aromatic carbocycles. The minimum Gasteiger partial charge on any atom is -0.497 e. The molecule has 1 aromatic heterocycles. The van der Waals surface area contributed by atoms with Crippen molar-refractivity contribution in [3.8, 4) is 17.2 Å². The van der Waals surface area contributed by atoms with E-state index in [1.54, 1.807) is 63.6 Å². The third kappa shape index (κ3) is 4.79. The van der Waals surface area contributed by atoms with Gasteiger partial charge in [-0.25, -0.2) is 4.79 Å². The number of esters is 1. The maximum Gasteiger partial charge on any atom is 0.338 e. The van der Waals surface area contributed by atoms with Crippen LogP contribution in [0.15, 0.2) is 47.0 Å². The Morgan fingerprint density at radius 1 is 1.00 bits per heavy atom. The summed E-state index contributed by atoms with van der Waals surface area (Å²) in [4.78, 5) is 16.4. The minimum atomic E-state index is -0.454. The van der Waals surface area contributed by atoms with Crippen molar-refractivity contribution in [1.29, 1.82) is 0 Å². The van der Waals surface area contributed by atoms with Crippen molar-refractivity contribution in [2.75, 3.05) is 14.2 Å². The van der Waals surface area contributed by atoms with E-state index in [1.165, 1.54) is 0 Å². The molecule has 0 fully saturated rings. The Kier molecular flexibility index (Phi) is 6.11. The van der Waals surface area contributed by atoms with E-state index in [-0.39, 0.29) is 13.2 Å². The SMILES string of the molecule is COc1ccc(OC)c(COC(=O)c2ccc(OCc3noc(C)n3)cc2)c1. The van der Waals surface area contributed by atoms with Crippen LogP contribution in [0.1, 0.15) is 27.6 Å². The zero-order chi connectivity index (χ0) is 19.9. The van der Waals surface area contributed by atoms with E-state index < -0.39 is 5.97 Å². The van der Waals surface area contributed by atoms with Gasteiger partial charge in [-0.15, -0.1) is 0 Å². The molecule has 0 aliphatic heterocycles. The van der Waals surface area contributed by atoms with Gasteiger partial charge in [-0.1, -0.05) is 5.16 Å². The maximum absolute atomic E-state index is 12.3. The van der Waals surface area contributed by atoms with Crippen LogP contribution < -0.4 is 14.2 Å². The fourth-order valence-corrected chi connectivity index (χ4v) is 2.46. The number of methoxy groups -OCH3 is 2. The molecule has 0 aliphatic rings. The molecule has 8 heteroatoms. The lowest BCUT2D eigenvalue weighted by Gasteiger charge is -2.11. The molecule has 0 radical (unpaired) electrons. The van der Waals surface area contributed by atoms with Crippen molar-refractivity contribution in [3.63, 3.8) is 0 Å². The summed E-state index contributed by atoms with van der Waals surface area (Å²) in [6.45, 7) is 1.95. The molecule has 1 heterocycles. The molecule has 3 aromatic rings. The van der Waals surface area contributed by atoms with Gasteiger partial charge in [0.05, 0.1) is 19.8 Å². The van der Waals surface area contributed by atoms with Crippen LogP contribution in [0.3, 0.4) is 0 Å². The molecule has 0 spiro atoms. The molecule has 0 atom stereocenters. The summed E-state index contributed by atoms with van der Waals surface area (Å²) in [5, 5.41) is 3.75. The van der Waals surface area contributed by atoms with Crippen LogP contribution in [0.5, 0.6) is 17.2 Å². The first-order chi connectivity index (χ1) is 13.6. The second-order valence-electron chi connectivity index (χ2n) is 5.80. The Hall–Kier alpha value is -3.55. The molecular weight excluding hydrogens is 364 g/mol. The van der Waals surface area contributed by atoms with Crippen molar-refractivity contribution < 1.29 is 28.3 Å². The molecule has 0 saturated carbocycles. The third-order valence-corrected chi connectivity index (χ3v) is 3.87. The summed E-state index contributed by atoms with van der Waals surface area (Å²) in [6.07, 6.45) is 0. The number of carbonyl (C=O) groups is 1. The van der Waals surface area contributed by atoms with E-state index in [2.05, 4.69) is 10.1 Å². The fraction of sp³-hybridized carbons (Fsp3) is 0.250. The largest absolute Gasteiger partial charge is 0.497 e. The number of hydrogen-bond donors (Lipinski definition) is 0. The number of aryl methyl sites for hydroxylation is 1. The van der Waals surface area contributed by atoms with Gasteiger partial charge in [0.1, 0.15) is 23.9 Å². The smallest absolute Gasteiger partial charge is 0.338 e. The van der Waals surface area contributed by atoms with E-state index in [0.717, 1.165) is 0 Å². The number of nitrogens with zero attached hydrogens (tertiary/aromatic N) is 2. The van der Waals surface area contributed by atoms with E-state index in [4.69, 9.17) is 23.5 Å². The number of hydrogen-bond acceptors (Lipinski definition) is 8. The zero-order valence-corrected chi connectivity index (χ0v) is 15.8. The summed E-state index contributed by atoms with van der Waals surface area (Å²) in [6, 6.07) is 11.9. The minimum absolute atomic E-state index is 0.0641. The average molecular weight is 384 g/mol. The Morgan fingerprint density at radius 3 is 2.39 bits per heavy atom. The molecule has 0 unspecified atom stereocenters. The van der Waals surface area contributed by atoms with Gasteiger partial charge >= 0.3 is 5.97 Å². The molecule has 146 valence electrons. The third-order valence-electron chi connectivity index (χ3n) is 3.87. The van der Waals surface area contributed by atoms with E-state index in [9.17, 15) is 4.79 Å². The molecule has 0 bridgehead atoms. The molecule has 0 saturated heterocycles. The van der Waals surface area contributed by atoms with Crippen LogP contribution in [0, 0.1) is 6.92 Å². The van der Waals surface area contributed by atoms with Gasteiger partial charge in [0.15, 0.2) is 6.61 Å². The first-order valence-corrected chi connectivity index (χ1v) is 8.49. The van der Waals surface area contributed by atoms with Gasteiger partial charge in [0, 0.05) is 12.5 Å². The summed E-state index contributed by atoms with van der Waals surface area (Å²) in [5.74, 6) is 2.33. The number of carbonyl (C=O) groups excluding carboxylic acids is 1. The lowest BCUT2D eigenvalue weighted by Crippen LogP contribution is -2.06. The number of rotatable bonds is 8. The Labute approximate surface area is 162 Å². The summed E-state index contributed by atoms with van der Waals surface area (Å²) in [5.41, 5.74) is 1.12. The van der Waals surface area contributed by atoms with Crippen molar-refractivity contribution in [1.82, 2.24) is 10.1 Å². The summed E-state index contributed by atoms with van der Waals surface area (Å²) in [7, 11) is 3.13. The van der Waals surface area contributed by atoms with Crippen LogP contribution >= 0.6 is 0 Å². The average Bonchev–Trinajstić information content (AvgIpc) is 3.15. The highest BCUT2D eigenvalue weighted by Gasteiger charge is 2.11. The molecule has 3 rings (SSSR count). The Morgan fingerprint density at radius 2 is 1.75 bits per heavy atom. The highest BCUT2D eigenvalue weighted by atomic mass is 16.5. The molecule has 0 amide bonds. The quantitative estimate of drug-likeness (QED) is 0.546. The van der Waals surface area contributed by atoms with Gasteiger partial charge < -0.3 is 23.5 Å². The van der Waals surface area contributed by atoms with Crippen molar-refractivity contribution in [2.45, 2.75) is 20.1 Å². The zero-order valence-electron chi connectivity index (χ0n) is 15.8. The molecule has 0 N–H and O–H groups in total. The van der Waals surface area contributed by atoms with Crippen molar-refractivity contribution in [2.24, 2.45) is 0 Å². The van der Waals surface area contributed by atoms with Crippen LogP contribution in [0.4, 0.5) is 0 Å². The number of aromatic nitrogens is 2. The standard InChI is InChI=1S/C20H20N2O6/c1-13-21-19(22-28-13)12-26-16-6-4-14(5-7-16)20(23)27-11-15-10-17(24-2)8-9-18(15)25-3/h4-10H,11-12H2,1-3H3. The Balaban J connectivity index is 1.57. The van der Waals surface area contributed by atoms with Crippen molar-refractivity contribution in [3.05, 3.63) is 65.3 Å². The predicted octanol–water partition coefficient (Wildman–Crippen LogP) is 3.33. The van der Waals surface area contributed by atoms with Gasteiger partial charge in [0.25, 0.3) is 0 Å². The predicted molar refractivity (Wildman–Crippen MR) is 98.5 cm³/mol. The van der Waals surface area contributed by atoms with Crippen LogP contribution in [0.25, 0.3) is 0 Å². The molecule has 0 aliphatic carbocycles. The fourth-order valence-electron chi connectivity index (χ4n) is 2.46. The van der Waals surface area contributed by atoms with Gasteiger partial charge in [-0.05, 0) is 42.5 Å². The van der Waals surface area contributed by atoms with Crippen LogP contribution in [-0.2, 0) is 18.0 Å². The lowest BCUT2D eigenvalue weighted by atomic mass is 10.2. The topological polar surface area (TPSA) is 92.9 Å². The first kappa shape index (κ1) is 19.2. The van der Waals surface area contributed by atoms with Gasteiger partial charge in [-0.2, -0.15) is 4.98 Å². The van der Waals surface area contributed by atoms with Crippen LogP contribution in [0.2, 0.25) is 0 Å². The molecule has 28 heavy (non-hydrogen) atoms. The second kappa shape index (κ2) is 8.90. The molecular formula is C20H20N2O6. The van der Waals surface area contributed by atoms with E-state index >= 15 is 0 Å². The van der Waals surface area contributed by atoms with E-state index in [1.807, 2.05) is 0 Å². The first-order valence-electron chi connectivity index (χ1n) is 8.49. The van der Waals surface area contributed by atoms with E-state index in [0.29, 0.717) is 40.1 Å². The van der Waals surface area contributed by atoms with Gasteiger partial charge in [-0.3, -0.25) is 0 Å². The summed E-state index contributed by atoms with van der Waals surface area (Å²) < 4.78 is 26.3. The normalized spacial score (nSPS) is 10.4. The number of ether oxygens (including phenoxy) is 4. The van der Waals surface area contributed by atoms with Gasteiger partial charge in [0.2, 0.25) is 11.7 Å². The second-order valence-corrected chi connectivity index (χ2v) is 5.80. The lowest BCUT2D eigenvalue weighted by molar-refractivity contribution is 0.0470. The van der Waals surface area contributed by atoms with Crippen molar-refractivity contribution >= 4 is 5.97 Å². The Bertz CT molecular complexity index is 936. The number of benzene rings is 2. The monoisotopic (exact) mass is 384 g/mol. The van der Waals surface area contributed by atoms with Crippen LogP contribution in [-0.4, -0.2) is 30.3 Å².